The average Bonchev–Trinajstić information content (AvgIpc) is 3.45. The summed E-state index contributed by atoms with van der Waals surface area (Å²) in [4.78, 5) is 43.1. The number of carboxylic acid groups (broad SMARTS) is 2. The van der Waals surface area contributed by atoms with E-state index < -0.39 is 11.9 Å². The van der Waals surface area contributed by atoms with Crippen molar-refractivity contribution in [1.29, 1.82) is 0 Å². The number of carboxylic acids is 2. The van der Waals surface area contributed by atoms with Crippen LogP contribution in [-0.4, -0.2) is 32.1 Å². The third-order valence-corrected chi connectivity index (χ3v) is 7.18. The second-order valence-corrected chi connectivity index (χ2v) is 9.22. The third-order valence-electron chi connectivity index (χ3n) is 7.18. The number of aromatic nitrogens is 4. The molecule has 2 N–H and O–H groups in total. The Morgan fingerprint density at radius 2 is 1.00 bits per heavy atom. The Morgan fingerprint density at radius 1 is 0.595 bits per heavy atom. The van der Waals surface area contributed by atoms with E-state index in [-0.39, 0.29) is 39.4 Å². The Morgan fingerprint density at radius 3 is 1.49 bits per heavy atom. The Balaban J connectivity index is 0.00000320. The summed E-state index contributed by atoms with van der Waals surface area (Å²) in [5.74, 6) is -2.29. The number of rotatable bonds is 2. The third kappa shape index (κ3) is 4.10. The number of fused-ring (bicyclic) bond motifs is 8. The molecule has 5 rings (SSSR count). The Bertz CT molecular complexity index is 1760. The summed E-state index contributed by atoms with van der Waals surface area (Å²) in [6.45, 7) is 11.3. The molecule has 0 amide bonds. The van der Waals surface area contributed by atoms with Crippen molar-refractivity contribution in [2.75, 3.05) is 0 Å². The first kappa shape index (κ1) is 26.1. The van der Waals surface area contributed by atoms with Gasteiger partial charge in [-0.15, -0.1) is 22.1 Å². The van der Waals surface area contributed by atoms with E-state index in [4.69, 9.17) is 9.97 Å². The molecular formula is C28H24FeN4O4-2. The van der Waals surface area contributed by atoms with E-state index in [1.165, 1.54) is 6.07 Å². The number of hydrogen-bond donors (Lipinski definition) is 2. The van der Waals surface area contributed by atoms with Crippen LogP contribution < -0.4 is 9.97 Å². The molecule has 8 bridgehead atoms. The van der Waals surface area contributed by atoms with Crippen LogP contribution in [-0.2, 0) is 21.9 Å². The molecule has 0 atom stereocenters. The number of nitrogens with zero attached hydrogens (tertiary/aromatic N) is 4. The Labute approximate surface area is 223 Å². The van der Waals surface area contributed by atoms with E-state index in [1.54, 1.807) is 26.0 Å². The zero-order valence-corrected chi connectivity index (χ0v) is 22.3. The minimum atomic E-state index is -1.15. The van der Waals surface area contributed by atoms with E-state index in [0.717, 1.165) is 33.5 Å². The van der Waals surface area contributed by atoms with E-state index in [1.807, 2.05) is 33.8 Å². The fourth-order valence-corrected chi connectivity index (χ4v) is 4.65. The van der Waals surface area contributed by atoms with E-state index >= 15 is 0 Å². The van der Waals surface area contributed by atoms with Gasteiger partial charge < -0.3 is 20.2 Å². The minimum absolute atomic E-state index is 0. The molecule has 9 heteroatoms. The van der Waals surface area contributed by atoms with Crippen molar-refractivity contribution in [1.82, 2.24) is 19.9 Å². The maximum atomic E-state index is 12.2. The number of aromatic carboxylic acids is 1. The SMILES string of the molecule is CC1=C(C)c2cc3[n-]c(cc4nc(cc5[n-]c(cc1n2)c(C)c5C)C(C)=C4C(=O)O)c(C(=O)O)c3C.[Fe]. The molecule has 0 aliphatic carbocycles. The standard InChI is InChI=1S/C28H26N4O4.Fe/c1-11-13(3)19-8-21-15(5)25(27(33)34)23(31-21)10-24-26(28(35)36)16(6)22(32-24)9-20-14(4)12(2)18(30-20)7-17(11)29-19;/h7-10H,1-6H3,(H4,29,30,31,32,33,34,35,36);/p-2. The quantitative estimate of drug-likeness (QED) is 0.430. The maximum absolute atomic E-state index is 12.2. The van der Waals surface area contributed by atoms with Gasteiger partial charge in [-0.05, 0) is 64.3 Å². The molecule has 0 aromatic carbocycles. The molecule has 3 aromatic heterocycles. The van der Waals surface area contributed by atoms with Gasteiger partial charge in [-0.2, -0.15) is 0 Å². The molecule has 0 saturated carbocycles. The fourth-order valence-electron chi connectivity index (χ4n) is 4.65. The van der Waals surface area contributed by atoms with Crippen molar-refractivity contribution in [2.45, 2.75) is 41.5 Å². The molecule has 2 aliphatic heterocycles. The summed E-state index contributed by atoms with van der Waals surface area (Å²) in [6, 6.07) is 6.92. The second-order valence-electron chi connectivity index (χ2n) is 9.22. The molecule has 8 nitrogen and oxygen atoms in total. The van der Waals surface area contributed by atoms with Gasteiger partial charge in [0.05, 0.1) is 28.3 Å². The van der Waals surface area contributed by atoms with Crippen LogP contribution in [0.4, 0.5) is 0 Å². The van der Waals surface area contributed by atoms with E-state index in [9.17, 15) is 19.8 Å². The van der Waals surface area contributed by atoms with Crippen LogP contribution in [0.5, 0.6) is 0 Å². The van der Waals surface area contributed by atoms with Gasteiger partial charge in [0.2, 0.25) is 0 Å². The summed E-state index contributed by atoms with van der Waals surface area (Å²) in [5.41, 5.74) is 9.10. The zero-order valence-electron chi connectivity index (χ0n) is 21.2. The van der Waals surface area contributed by atoms with Gasteiger partial charge in [-0.25, -0.2) is 19.6 Å². The summed E-state index contributed by atoms with van der Waals surface area (Å²) < 4.78 is 0. The van der Waals surface area contributed by atoms with Crippen LogP contribution in [0.1, 0.15) is 70.6 Å². The van der Waals surface area contributed by atoms with Crippen molar-refractivity contribution >= 4 is 56.3 Å². The second kappa shape index (κ2) is 9.17. The van der Waals surface area contributed by atoms with Crippen LogP contribution in [0.25, 0.3) is 44.4 Å². The largest absolute Gasteiger partial charge is 0.657 e. The predicted molar refractivity (Wildman–Crippen MR) is 138 cm³/mol. The van der Waals surface area contributed by atoms with Crippen LogP contribution in [0, 0.1) is 20.8 Å². The van der Waals surface area contributed by atoms with Crippen LogP contribution in [0.15, 0.2) is 24.3 Å². The first-order valence-corrected chi connectivity index (χ1v) is 11.5. The maximum Gasteiger partial charge on any atom is 0.338 e. The molecule has 0 spiro atoms. The van der Waals surface area contributed by atoms with E-state index in [2.05, 4.69) is 9.97 Å². The van der Waals surface area contributed by atoms with Crippen LogP contribution >= 0.6 is 0 Å². The van der Waals surface area contributed by atoms with Gasteiger partial charge in [0.15, 0.2) is 0 Å². The summed E-state index contributed by atoms with van der Waals surface area (Å²) in [7, 11) is 0. The summed E-state index contributed by atoms with van der Waals surface area (Å²) in [5, 5.41) is 19.9. The molecule has 0 fully saturated rings. The van der Waals surface area contributed by atoms with Crippen molar-refractivity contribution in [3.05, 3.63) is 69.3 Å². The van der Waals surface area contributed by atoms with Gasteiger partial charge in [0, 0.05) is 22.6 Å². The van der Waals surface area contributed by atoms with Gasteiger partial charge >= 0.3 is 11.9 Å². The first-order chi connectivity index (χ1) is 17.0. The molecule has 3 aromatic rings. The number of allylic oxidation sites excluding steroid dienone is 3. The molecule has 190 valence electrons. The van der Waals surface area contributed by atoms with Crippen LogP contribution in [0.3, 0.4) is 0 Å². The number of hydrogen-bond acceptors (Lipinski definition) is 4. The topological polar surface area (TPSA) is 129 Å². The Kier molecular flexibility index (Phi) is 6.48. The van der Waals surface area contributed by atoms with Crippen molar-refractivity contribution in [3.63, 3.8) is 0 Å². The number of carbonyl (C=O) groups is 2. The first-order valence-electron chi connectivity index (χ1n) is 11.5. The normalized spacial score (nSPS) is 13.1. The van der Waals surface area contributed by atoms with Gasteiger partial charge in [0.25, 0.3) is 0 Å². The number of aryl methyl sites for hydroxylation is 3. The monoisotopic (exact) mass is 536 g/mol. The molecule has 37 heavy (non-hydrogen) atoms. The van der Waals surface area contributed by atoms with Crippen molar-refractivity contribution in [3.8, 4) is 0 Å². The summed E-state index contributed by atoms with van der Waals surface area (Å²) in [6.07, 6.45) is 0. The molecule has 0 unspecified atom stereocenters. The van der Waals surface area contributed by atoms with Crippen molar-refractivity contribution in [2.24, 2.45) is 0 Å². The molecule has 0 saturated heterocycles. The minimum Gasteiger partial charge on any atom is -0.657 e. The van der Waals surface area contributed by atoms with Gasteiger partial charge in [-0.1, -0.05) is 34.9 Å². The fraction of sp³-hybridized carbons (Fsp3) is 0.214. The smallest absolute Gasteiger partial charge is 0.338 e. The summed E-state index contributed by atoms with van der Waals surface area (Å²) >= 11 is 0. The average molecular weight is 536 g/mol. The molecule has 2 aliphatic rings. The Hall–Kier alpha value is -3.94. The molecule has 0 radical (unpaired) electrons. The molecule has 5 heterocycles. The van der Waals surface area contributed by atoms with Gasteiger partial charge in [-0.3, -0.25) is 0 Å². The van der Waals surface area contributed by atoms with E-state index in [0.29, 0.717) is 33.6 Å². The number of aliphatic carboxylic acids is 1. The zero-order chi connectivity index (χ0) is 26.0. The van der Waals surface area contributed by atoms with Crippen LogP contribution in [0.2, 0.25) is 0 Å². The predicted octanol–water partition coefficient (Wildman–Crippen LogP) is 5.16. The molecular weight excluding hydrogens is 512 g/mol. The van der Waals surface area contributed by atoms with Gasteiger partial charge in [0.1, 0.15) is 0 Å². The van der Waals surface area contributed by atoms with Crippen molar-refractivity contribution < 1.29 is 36.9 Å².